The minimum atomic E-state index is -0.481. The second-order valence-corrected chi connectivity index (χ2v) is 8.48. The van der Waals surface area contributed by atoms with E-state index in [2.05, 4.69) is 24.1 Å². The lowest BCUT2D eigenvalue weighted by atomic mass is 9.97. The largest absolute Gasteiger partial charge is 0.337 e. The van der Waals surface area contributed by atoms with E-state index in [-0.39, 0.29) is 17.9 Å². The van der Waals surface area contributed by atoms with Crippen molar-refractivity contribution in [3.63, 3.8) is 0 Å². The lowest BCUT2D eigenvalue weighted by Crippen LogP contribution is -2.41. The maximum atomic E-state index is 13.4. The van der Waals surface area contributed by atoms with Crippen molar-refractivity contribution in [2.75, 3.05) is 7.05 Å². The van der Waals surface area contributed by atoms with Crippen LogP contribution in [-0.2, 0) is 13.0 Å². The zero-order valence-electron chi connectivity index (χ0n) is 19.3. The van der Waals surface area contributed by atoms with Gasteiger partial charge in [0.05, 0.1) is 0 Å². The number of pyridine rings is 1. The molecule has 1 aromatic heterocycles. The van der Waals surface area contributed by atoms with Gasteiger partial charge in [0, 0.05) is 48.9 Å². The van der Waals surface area contributed by atoms with Crippen molar-refractivity contribution in [2.24, 2.45) is 5.92 Å². The van der Waals surface area contributed by atoms with Gasteiger partial charge in [-0.2, -0.15) is 4.39 Å². The molecule has 31 heavy (non-hydrogen) atoms. The van der Waals surface area contributed by atoms with Crippen LogP contribution in [0.1, 0.15) is 60.7 Å². The summed E-state index contributed by atoms with van der Waals surface area (Å²) in [5.41, 5.74) is 3.08. The lowest BCUT2D eigenvalue weighted by molar-refractivity contribution is 0.0785. The number of aryl methyl sites for hydroxylation is 1. The van der Waals surface area contributed by atoms with Gasteiger partial charge in [0.15, 0.2) is 0 Å². The highest BCUT2D eigenvalue weighted by atomic mass is 19.1. The normalized spacial score (nSPS) is 14.0. The number of benzene rings is 1. The van der Waals surface area contributed by atoms with Crippen LogP contribution in [0.15, 0.2) is 36.5 Å². The summed E-state index contributed by atoms with van der Waals surface area (Å²) in [6.45, 7) is 8.39. The molecule has 1 aromatic carbocycles. The molecule has 0 aliphatic rings. The molecule has 0 bridgehead atoms. The van der Waals surface area contributed by atoms with Crippen LogP contribution in [0.4, 0.5) is 4.39 Å². The fourth-order valence-corrected chi connectivity index (χ4v) is 3.60. The van der Waals surface area contributed by atoms with Crippen LogP contribution in [0.2, 0.25) is 0 Å². The van der Waals surface area contributed by atoms with E-state index in [1.807, 2.05) is 31.2 Å². The van der Waals surface area contributed by atoms with Gasteiger partial charge in [0.25, 0.3) is 5.91 Å². The molecule has 0 saturated heterocycles. The highest BCUT2D eigenvalue weighted by Crippen LogP contribution is 2.15. The first kappa shape index (κ1) is 24.7. The molecule has 0 spiro atoms. The maximum absolute atomic E-state index is 13.4. The Hall–Kier alpha value is -2.60. The number of nitrogens with one attached hydrogen (secondary N) is 2. The first-order valence-electron chi connectivity index (χ1n) is 11.0. The average Bonchev–Trinajstić information content (AvgIpc) is 2.75. The first-order chi connectivity index (χ1) is 14.7. The monoisotopic (exact) mass is 426 g/mol. The number of aromatic nitrogens is 1. The smallest absolute Gasteiger partial charge is 0.253 e. The molecule has 1 amide bonds. The second kappa shape index (κ2) is 11.7. The number of hydrogen-bond acceptors (Lipinski definition) is 4. The summed E-state index contributed by atoms with van der Waals surface area (Å²) in [5.74, 6) is -0.369. The van der Waals surface area contributed by atoms with Crippen molar-refractivity contribution in [1.82, 2.24) is 15.2 Å². The first-order valence-corrected chi connectivity index (χ1v) is 11.0. The van der Waals surface area contributed by atoms with Gasteiger partial charge in [-0.15, -0.1) is 0 Å². The third-order valence-corrected chi connectivity index (χ3v) is 5.71. The number of hydrogen-bond donors (Lipinski definition) is 2. The summed E-state index contributed by atoms with van der Waals surface area (Å²) >= 11 is 0. The molecule has 6 heteroatoms. The molecule has 0 radical (unpaired) electrons. The summed E-state index contributed by atoms with van der Waals surface area (Å²) in [6.07, 6.45) is 5.98. The Morgan fingerprint density at radius 2 is 1.94 bits per heavy atom. The van der Waals surface area contributed by atoms with Crippen molar-refractivity contribution in [3.05, 3.63) is 64.7 Å². The van der Waals surface area contributed by atoms with Gasteiger partial charge in [-0.25, -0.2) is 4.98 Å². The summed E-state index contributed by atoms with van der Waals surface area (Å²) in [5, 5.41) is 11.1. The number of nitrogens with zero attached hydrogens (tertiary/aromatic N) is 2. The molecule has 5 nitrogen and oxygen atoms in total. The van der Waals surface area contributed by atoms with E-state index >= 15 is 0 Å². The molecule has 0 fully saturated rings. The predicted molar refractivity (Wildman–Crippen MR) is 124 cm³/mol. The van der Waals surface area contributed by atoms with Crippen LogP contribution in [0.5, 0.6) is 0 Å². The van der Waals surface area contributed by atoms with Crippen molar-refractivity contribution in [3.8, 4) is 0 Å². The fourth-order valence-electron chi connectivity index (χ4n) is 3.60. The van der Waals surface area contributed by atoms with Gasteiger partial charge in [-0.1, -0.05) is 32.4 Å². The summed E-state index contributed by atoms with van der Waals surface area (Å²) in [4.78, 5) is 18.1. The standard InChI is InChI=1S/C25H35FN4O/c1-6-7-23(29-19(4)18(3)14-27)13-20-8-10-22(11-9-20)25(31)30(5)16-21-12-17(2)24(26)28-15-21/h8-12,14-15,18-19,23,27,29H,6-7,13,16H2,1-5H3/t18?,19?,23-/m0/s1. The third kappa shape index (κ3) is 7.24. The lowest BCUT2D eigenvalue weighted by Gasteiger charge is -2.25. The van der Waals surface area contributed by atoms with Gasteiger partial charge >= 0.3 is 0 Å². The van der Waals surface area contributed by atoms with Crippen LogP contribution >= 0.6 is 0 Å². The van der Waals surface area contributed by atoms with Crippen LogP contribution in [-0.4, -0.2) is 41.1 Å². The van der Waals surface area contributed by atoms with E-state index in [1.54, 1.807) is 24.9 Å². The molecule has 3 atom stereocenters. The van der Waals surface area contributed by atoms with Gasteiger partial charge in [0.2, 0.25) is 5.95 Å². The third-order valence-electron chi connectivity index (χ3n) is 5.71. The second-order valence-electron chi connectivity index (χ2n) is 8.48. The van der Waals surface area contributed by atoms with Crippen molar-refractivity contribution in [1.29, 1.82) is 5.41 Å². The van der Waals surface area contributed by atoms with Crippen LogP contribution in [0, 0.1) is 24.2 Å². The highest BCUT2D eigenvalue weighted by molar-refractivity contribution is 5.94. The van der Waals surface area contributed by atoms with E-state index in [9.17, 15) is 9.18 Å². The fraction of sp³-hybridized carbons (Fsp3) is 0.480. The molecule has 2 unspecified atom stereocenters. The van der Waals surface area contributed by atoms with Crippen molar-refractivity contribution >= 4 is 12.1 Å². The Labute approximate surface area is 185 Å². The minimum absolute atomic E-state index is 0.0785. The number of carbonyl (C=O) groups excluding carboxylic acids is 1. The molecule has 2 aromatic rings. The molecular weight excluding hydrogens is 391 g/mol. The molecular formula is C25H35FN4O. The van der Waals surface area contributed by atoms with Gasteiger partial charge in [-0.05, 0) is 62.2 Å². The van der Waals surface area contributed by atoms with Gasteiger partial charge in [0.1, 0.15) is 0 Å². The molecule has 2 rings (SSSR count). The van der Waals surface area contributed by atoms with Crippen molar-refractivity contribution < 1.29 is 9.18 Å². The molecule has 1 heterocycles. The summed E-state index contributed by atoms with van der Waals surface area (Å²) in [7, 11) is 1.74. The number of rotatable bonds is 11. The van der Waals surface area contributed by atoms with E-state index in [0.29, 0.717) is 23.7 Å². The minimum Gasteiger partial charge on any atom is -0.337 e. The van der Waals surface area contributed by atoms with E-state index in [1.165, 1.54) is 18.0 Å². The zero-order valence-corrected chi connectivity index (χ0v) is 19.3. The van der Waals surface area contributed by atoms with Crippen LogP contribution in [0.3, 0.4) is 0 Å². The van der Waals surface area contributed by atoms with Crippen molar-refractivity contribution in [2.45, 2.75) is 65.6 Å². The Bertz CT molecular complexity index is 868. The number of amides is 1. The van der Waals surface area contributed by atoms with E-state index in [4.69, 9.17) is 5.41 Å². The molecule has 2 N–H and O–H groups in total. The van der Waals surface area contributed by atoms with Crippen LogP contribution < -0.4 is 5.32 Å². The zero-order chi connectivity index (χ0) is 23.0. The SMILES string of the molecule is CCC[C@@H](Cc1ccc(C(=O)N(C)Cc2cnc(F)c(C)c2)cc1)NC(C)C(C)C=N. The summed E-state index contributed by atoms with van der Waals surface area (Å²) in [6, 6.07) is 10.1. The topological polar surface area (TPSA) is 69.1 Å². The Balaban J connectivity index is 2.00. The molecule has 168 valence electrons. The number of halogens is 1. The van der Waals surface area contributed by atoms with E-state index < -0.39 is 5.95 Å². The molecule has 0 aliphatic heterocycles. The quantitative estimate of drug-likeness (QED) is 0.401. The predicted octanol–water partition coefficient (Wildman–Crippen LogP) is 4.78. The highest BCUT2D eigenvalue weighted by Gasteiger charge is 2.17. The summed E-state index contributed by atoms with van der Waals surface area (Å²) < 4.78 is 13.4. The molecule has 0 saturated carbocycles. The van der Waals surface area contributed by atoms with Crippen LogP contribution in [0.25, 0.3) is 0 Å². The van der Waals surface area contributed by atoms with Gasteiger partial charge < -0.3 is 15.6 Å². The number of carbonyl (C=O) groups is 1. The Kier molecular flexibility index (Phi) is 9.31. The Morgan fingerprint density at radius 1 is 1.26 bits per heavy atom. The van der Waals surface area contributed by atoms with Gasteiger partial charge in [-0.3, -0.25) is 4.79 Å². The molecule has 0 aliphatic carbocycles. The average molecular weight is 427 g/mol. The Morgan fingerprint density at radius 3 is 2.52 bits per heavy atom. The maximum Gasteiger partial charge on any atom is 0.253 e. The van der Waals surface area contributed by atoms with E-state index in [0.717, 1.165) is 24.8 Å².